The van der Waals surface area contributed by atoms with E-state index in [1.165, 1.54) is 12.1 Å². The van der Waals surface area contributed by atoms with Crippen molar-refractivity contribution in [2.24, 2.45) is 0 Å². The first-order chi connectivity index (χ1) is 13.4. The topological polar surface area (TPSA) is 78.7 Å². The van der Waals surface area contributed by atoms with Crippen LogP contribution in [0.3, 0.4) is 0 Å². The summed E-state index contributed by atoms with van der Waals surface area (Å²) in [6.07, 6.45) is 1.88. The fourth-order valence-corrected chi connectivity index (χ4v) is 2.70. The van der Waals surface area contributed by atoms with Crippen LogP contribution in [0.5, 0.6) is 5.75 Å². The van der Waals surface area contributed by atoms with Gasteiger partial charge in [-0.3, -0.25) is 10.1 Å². The van der Waals surface area contributed by atoms with Crippen LogP contribution in [0.1, 0.15) is 33.1 Å². The molecule has 148 valence electrons. The smallest absolute Gasteiger partial charge is 0.333 e. The second-order valence-corrected chi connectivity index (χ2v) is 6.51. The molecule has 1 atom stereocenters. The van der Waals surface area contributed by atoms with E-state index in [-0.39, 0.29) is 18.4 Å². The van der Waals surface area contributed by atoms with Crippen LogP contribution in [0.2, 0.25) is 0 Å². The minimum absolute atomic E-state index is 0.0140. The molecule has 6 nitrogen and oxygen atoms in total. The quantitative estimate of drug-likeness (QED) is 0.182. The lowest BCUT2D eigenvalue weighted by molar-refractivity contribution is -0.384. The average Bonchev–Trinajstić information content (AvgIpc) is 2.70. The zero-order chi connectivity index (χ0) is 20.5. The second-order valence-electron chi connectivity index (χ2n) is 6.51. The van der Waals surface area contributed by atoms with Crippen LogP contribution < -0.4 is 4.74 Å². The summed E-state index contributed by atoms with van der Waals surface area (Å²) in [7, 11) is 0. The molecule has 0 aliphatic heterocycles. The van der Waals surface area contributed by atoms with Crippen LogP contribution in [0, 0.1) is 10.1 Å². The van der Waals surface area contributed by atoms with Crippen molar-refractivity contribution in [3.63, 3.8) is 0 Å². The number of esters is 1. The fourth-order valence-electron chi connectivity index (χ4n) is 2.70. The molecule has 0 radical (unpaired) electrons. The first-order valence-corrected chi connectivity index (χ1v) is 9.25. The van der Waals surface area contributed by atoms with Gasteiger partial charge in [0.2, 0.25) is 0 Å². The van der Waals surface area contributed by atoms with Crippen LogP contribution in [0.25, 0.3) is 11.1 Å². The summed E-state index contributed by atoms with van der Waals surface area (Å²) in [5.41, 5.74) is 2.09. The van der Waals surface area contributed by atoms with Crippen LogP contribution >= 0.6 is 0 Å². The molecule has 2 rings (SSSR count). The van der Waals surface area contributed by atoms with Crippen LogP contribution in [-0.2, 0) is 9.53 Å². The summed E-state index contributed by atoms with van der Waals surface area (Å²) in [5.74, 6) is 0.0743. The predicted octanol–water partition coefficient (Wildman–Crippen LogP) is 5.32. The number of rotatable bonds is 10. The molecule has 0 aromatic heterocycles. The van der Waals surface area contributed by atoms with E-state index >= 15 is 0 Å². The lowest BCUT2D eigenvalue weighted by Gasteiger charge is -2.20. The number of benzene rings is 2. The van der Waals surface area contributed by atoms with Crippen LogP contribution in [0.15, 0.2) is 60.7 Å². The van der Waals surface area contributed by atoms with Gasteiger partial charge in [-0.05, 0) is 37.8 Å². The molecular weight excluding hydrogens is 358 g/mol. The molecule has 2 aromatic carbocycles. The van der Waals surface area contributed by atoms with Gasteiger partial charge in [-0.25, -0.2) is 4.79 Å². The third-order valence-corrected chi connectivity index (χ3v) is 4.26. The molecule has 0 bridgehead atoms. The van der Waals surface area contributed by atoms with Crippen molar-refractivity contribution in [2.75, 3.05) is 6.61 Å². The SMILES string of the molecule is C=C(C)C(=O)OCCCC(CC)Oc1cc([N+](=O)[O-])ccc1-c1ccccc1. The summed E-state index contributed by atoms with van der Waals surface area (Å²) in [5, 5.41) is 11.2. The summed E-state index contributed by atoms with van der Waals surface area (Å²) in [6.45, 7) is 7.43. The highest BCUT2D eigenvalue weighted by atomic mass is 16.6. The van der Waals surface area contributed by atoms with E-state index in [1.807, 2.05) is 37.3 Å². The van der Waals surface area contributed by atoms with Crippen molar-refractivity contribution in [2.45, 2.75) is 39.2 Å². The van der Waals surface area contributed by atoms with E-state index in [0.29, 0.717) is 24.2 Å². The standard InChI is InChI=1S/C22H25NO5/c1-4-19(11-8-14-27-22(24)16(2)3)28-21-15-18(23(25)26)12-13-20(21)17-9-6-5-7-10-17/h5-7,9-10,12-13,15,19H,2,4,8,11,14H2,1,3H3. The molecule has 0 aliphatic carbocycles. The molecule has 0 amide bonds. The highest BCUT2D eigenvalue weighted by Crippen LogP contribution is 2.34. The number of carbonyl (C=O) groups excluding carboxylic acids is 1. The normalized spacial score (nSPS) is 11.5. The van der Waals surface area contributed by atoms with E-state index in [4.69, 9.17) is 9.47 Å². The van der Waals surface area contributed by atoms with Crippen molar-refractivity contribution in [1.82, 2.24) is 0 Å². The van der Waals surface area contributed by atoms with Gasteiger partial charge in [-0.15, -0.1) is 0 Å². The number of ether oxygens (including phenoxy) is 2. The molecule has 0 spiro atoms. The Morgan fingerprint density at radius 3 is 2.54 bits per heavy atom. The largest absolute Gasteiger partial charge is 0.490 e. The minimum atomic E-state index is -0.431. The average molecular weight is 383 g/mol. The predicted molar refractivity (Wildman–Crippen MR) is 108 cm³/mol. The molecule has 0 saturated carbocycles. The Hall–Kier alpha value is -3.15. The number of hydrogen-bond donors (Lipinski definition) is 0. The maximum atomic E-state index is 11.4. The number of nitro groups is 1. The number of nitro benzene ring substituents is 1. The maximum absolute atomic E-state index is 11.4. The van der Waals surface area contributed by atoms with Gasteiger partial charge in [-0.1, -0.05) is 43.8 Å². The third kappa shape index (κ3) is 5.94. The highest BCUT2D eigenvalue weighted by Gasteiger charge is 2.17. The van der Waals surface area contributed by atoms with E-state index in [1.54, 1.807) is 13.0 Å². The monoisotopic (exact) mass is 383 g/mol. The molecule has 0 N–H and O–H groups in total. The Bertz CT molecular complexity index is 832. The molecule has 2 aromatic rings. The van der Waals surface area contributed by atoms with Gasteiger partial charge >= 0.3 is 5.97 Å². The van der Waals surface area contributed by atoms with Crippen molar-refractivity contribution in [1.29, 1.82) is 0 Å². The Kier molecular flexibility index (Phi) is 7.75. The Balaban J connectivity index is 2.12. The van der Waals surface area contributed by atoms with Crippen LogP contribution in [-0.4, -0.2) is 23.6 Å². The summed E-state index contributed by atoms with van der Waals surface area (Å²) < 4.78 is 11.2. The van der Waals surface area contributed by atoms with E-state index < -0.39 is 10.9 Å². The summed E-state index contributed by atoms with van der Waals surface area (Å²) >= 11 is 0. The summed E-state index contributed by atoms with van der Waals surface area (Å²) in [6, 6.07) is 14.3. The zero-order valence-electron chi connectivity index (χ0n) is 16.2. The van der Waals surface area contributed by atoms with Gasteiger partial charge in [0.1, 0.15) is 5.75 Å². The third-order valence-electron chi connectivity index (χ3n) is 4.26. The van der Waals surface area contributed by atoms with E-state index in [9.17, 15) is 14.9 Å². The van der Waals surface area contributed by atoms with Gasteiger partial charge < -0.3 is 9.47 Å². The van der Waals surface area contributed by atoms with Crippen molar-refractivity contribution in [3.8, 4) is 16.9 Å². The maximum Gasteiger partial charge on any atom is 0.333 e. The lowest BCUT2D eigenvalue weighted by atomic mass is 10.0. The zero-order valence-corrected chi connectivity index (χ0v) is 16.2. The van der Waals surface area contributed by atoms with Gasteiger partial charge in [0, 0.05) is 17.2 Å². The highest BCUT2D eigenvalue weighted by molar-refractivity contribution is 5.86. The molecule has 28 heavy (non-hydrogen) atoms. The summed E-state index contributed by atoms with van der Waals surface area (Å²) in [4.78, 5) is 22.2. The Morgan fingerprint density at radius 2 is 1.93 bits per heavy atom. The Labute approximate surface area is 164 Å². The van der Waals surface area contributed by atoms with Gasteiger partial charge in [0.05, 0.1) is 23.7 Å². The number of nitrogens with zero attached hydrogens (tertiary/aromatic N) is 1. The van der Waals surface area contributed by atoms with Crippen molar-refractivity contribution in [3.05, 3.63) is 70.8 Å². The molecule has 1 unspecified atom stereocenters. The van der Waals surface area contributed by atoms with Gasteiger partial charge in [0.15, 0.2) is 0 Å². The van der Waals surface area contributed by atoms with Gasteiger partial charge in [-0.2, -0.15) is 0 Å². The van der Waals surface area contributed by atoms with Crippen molar-refractivity contribution < 1.29 is 19.2 Å². The number of non-ortho nitro benzene ring substituents is 1. The fraction of sp³-hybridized carbons (Fsp3) is 0.318. The molecule has 0 saturated heterocycles. The molecule has 0 fully saturated rings. The van der Waals surface area contributed by atoms with E-state index in [2.05, 4.69) is 6.58 Å². The number of hydrogen-bond acceptors (Lipinski definition) is 5. The molecule has 0 heterocycles. The molecule has 6 heteroatoms. The van der Waals surface area contributed by atoms with Gasteiger partial charge in [0.25, 0.3) is 5.69 Å². The van der Waals surface area contributed by atoms with Crippen LogP contribution in [0.4, 0.5) is 5.69 Å². The van der Waals surface area contributed by atoms with E-state index in [0.717, 1.165) is 17.5 Å². The minimum Gasteiger partial charge on any atom is -0.490 e. The molecular formula is C22H25NO5. The van der Waals surface area contributed by atoms with Crippen molar-refractivity contribution >= 4 is 11.7 Å². The first-order valence-electron chi connectivity index (χ1n) is 9.25. The first kappa shape index (κ1) is 21.2. The second kappa shape index (κ2) is 10.3. The molecule has 0 aliphatic rings. The lowest BCUT2D eigenvalue weighted by Crippen LogP contribution is -2.17. The Morgan fingerprint density at radius 1 is 1.21 bits per heavy atom. The number of carbonyl (C=O) groups is 1.